The molecule has 0 amide bonds. The predicted octanol–water partition coefficient (Wildman–Crippen LogP) is 3.35. The lowest BCUT2D eigenvalue weighted by molar-refractivity contribution is 0.128. The zero-order chi connectivity index (χ0) is 13.4. The molecule has 0 bridgehead atoms. The van der Waals surface area contributed by atoms with Gasteiger partial charge in [-0.05, 0) is 24.3 Å². The van der Waals surface area contributed by atoms with Crippen LogP contribution in [0.4, 0.5) is 0 Å². The number of aliphatic hydroxyl groups is 1. The van der Waals surface area contributed by atoms with Gasteiger partial charge in [-0.25, -0.2) is 0 Å². The fraction of sp³-hybridized carbons (Fsp3) is 0.625. The normalized spacial score (nSPS) is 16.2. The third-order valence-corrected chi connectivity index (χ3v) is 3.93. The second-order valence-corrected chi connectivity index (χ2v) is 5.35. The topological polar surface area (TPSA) is 32.3 Å². The number of hydrogen-bond acceptors (Lipinski definition) is 2. The van der Waals surface area contributed by atoms with Gasteiger partial charge >= 0.3 is 0 Å². The van der Waals surface area contributed by atoms with Gasteiger partial charge in [0.05, 0.1) is 6.61 Å². The van der Waals surface area contributed by atoms with Gasteiger partial charge in [-0.3, -0.25) is 0 Å². The molecule has 0 spiro atoms. The Labute approximate surface area is 111 Å². The molecule has 1 rings (SSSR count). The Morgan fingerprint density at radius 3 is 2.39 bits per heavy atom. The molecule has 1 aromatic carbocycles. The van der Waals surface area contributed by atoms with E-state index >= 15 is 0 Å². The second kappa shape index (κ2) is 7.55. The Hall–Kier alpha value is -0.860. The first-order valence-electron chi connectivity index (χ1n) is 7.05. The maximum Gasteiger partial charge on any atom is 0.0613 e. The quantitative estimate of drug-likeness (QED) is 0.740. The number of benzene rings is 1. The zero-order valence-electron chi connectivity index (χ0n) is 11.9. The van der Waals surface area contributed by atoms with Crippen LogP contribution in [0.5, 0.6) is 0 Å². The smallest absolute Gasteiger partial charge is 0.0613 e. The first-order chi connectivity index (χ1) is 8.65. The predicted molar refractivity (Wildman–Crippen MR) is 77.5 cm³/mol. The third-order valence-electron chi connectivity index (χ3n) is 3.93. The van der Waals surface area contributed by atoms with Crippen LogP contribution >= 0.6 is 0 Å². The zero-order valence-corrected chi connectivity index (χ0v) is 11.9. The average Bonchev–Trinajstić information content (AvgIpc) is 2.44. The van der Waals surface area contributed by atoms with E-state index in [1.54, 1.807) is 0 Å². The van der Waals surface area contributed by atoms with Crippen molar-refractivity contribution in [2.24, 2.45) is 5.92 Å². The largest absolute Gasteiger partial charge is 0.394 e. The molecule has 102 valence electrons. The molecule has 1 aromatic rings. The van der Waals surface area contributed by atoms with Crippen molar-refractivity contribution < 1.29 is 5.11 Å². The lowest BCUT2D eigenvalue weighted by atomic mass is 9.85. The molecule has 0 radical (unpaired) electrons. The second-order valence-electron chi connectivity index (χ2n) is 5.35. The van der Waals surface area contributed by atoms with Crippen molar-refractivity contribution in [3.63, 3.8) is 0 Å². The van der Waals surface area contributed by atoms with Crippen LogP contribution in [-0.2, 0) is 6.54 Å². The van der Waals surface area contributed by atoms with Gasteiger partial charge in [0.15, 0.2) is 0 Å². The van der Waals surface area contributed by atoms with Gasteiger partial charge in [0.1, 0.15) is 0 Å². The van der Waals surface area contributed by atoms with E-state index in [9.17, 15) is 5.11 Å². The lowest BCUT2D eigenvalue weighted by Gasteiger charge is -2.34. The Balaban J connectivity index is 2.62. The molecular weight excluding hydrogens is 222 g/mol. The Bertz CT molecular complexity index is 319. The summed E-state index contributed by atoms with van der Waals surface area (Å²) in [4.78, 5) is 0. The highest BCUT2D eigenvalue weighted by Crippen LogP contribution is 2.23. The molecule has 0 saturated heterocycles. The standard InChI is InChI=1S/C16H27NO/c1-4-14(3)11-16(5-2,13-18)17-12-15-9-7-6-8-10-15/h6-10,14,17-18H,4-5,11-13H2,1-3H3. The maximum absolute atomic E-state index is 9.74. The summed E-state index contributed by atoms with van der Waals surface area (Å²) >= 11 is 0. The molecule has 2 atom stereocenters. The molecule has 2 unspecified atom stereocenters. The van der Waals surface area contributed by atoms with Gasteiger partial charge < -0.3 is 10.4 Å². The molecule has 0 fully saturated rings. The number of hydrogen-bond donors (Lipinski definition) is 2. The SMILES string of the molecule is CCC(C)CC(CC)(CO)NCc1ccccc1. The minimum absolute atomic E-state index is 0.134. The van der Waals surface area contributed by atoms with Crippen molar-refractivity contribution in [3.8, 4) is 0 Å². The molecule has 0 heterocycles. The fourth-order valence-electron chi connectivity index (χ4n) is 2.27. The van der Waals surface area contributed by atoms with Crippen LogP contribution in [0.2, 0.25) is 0 Å². The van der Waals surface area contributed by atoms with Crippen LogP contribution in [-0.4, -0.2) is 17.3 Å². The molecule has 0 saturated carbocycles. The van der Waals surface area contributed by atoms with Crippen LogP contribution in [0.1, 0.15) is 45.6 Å². The highest BCUT2D eigenvalue weighted by Gasteiger charge is 2.28. The van der Waals surface area contributed by atoms with Crippen LogP contribution in [0.3, 0.4) is 0 Å². The van der Waals surface area contributed by atoms with Gasteiger partial charge in [0.25, 0.3) is 0 Å². The fourth-order valence-corrected chi connectivity index (χ4v) is 2.27. The minimum Gasteiger partial charge on any atom is -0.394 e. The van der Waals surface area contributed by atoms with E-state index in [-0.39, 0.29) is 12.1 Å². The Morgan fingerprint density at radius 1 is 1.22 bits per heavy atom. The van der Waals surface area contributed by atoms with Gasteiger partial charge in [0, 0.05) is 12.1 Å². The van der Waals surface area contributed by atoms with Crippen molar-refractivity contribution in [3.05, 3.63) is 35.9 Å². The Morgan fingerprint density at radius 2 is 1.89 bits per heavy atom. The lowest BCUT2D eigenvalue weighted by Crippen LogP contribution is -2.48. The first kappa shape index (κ1) is 15.2. The summed E-state index contributed by atoms with van der Waals surface area (Å²) in [7, 11) is 0. The Kier molecular flexibility index (Phi) is 6.37. The molecule has 0 aliphatic rings. The van der Waals surface area contributed by atoms with E-state index in [4.69, 9.17) is 0 Å². The maximum atomic E-state index is 9.74. The first-order valence-corrected chi connectivity index (χ1v) is 7.05. The molecule has 2 heteroatoms. The number of nitrogens with one attached hydrogen (secondary N) is 1. The van der Waals surface area contributed by atoms with E-state index in [2.05, 4.69) is 50.4 Å². The molecule has 0 aliphatic carbocycles. The average molecular weight is 249 g/mol. The van der Waals surface area contributed by atoms with Gasteiger partial charge in [-0.15, -0.1) is 0 Å². The molecule has 18 heavy (non-hydrogen) atoms. The number of rotatable bonds is 8. The van der Waals surface area contributed by atoms with E-state index in [0.29, 0.717) is 5.92 Å². The minimum atomic E-state index is -0.134. The summed E-state index contributed by atoms with van der Waals surface area (Å²) in [5.41, 5.74) is 1.14. The molecule has 0 aliphatic heterocycles. The van der Waals surface area contributed by atoms with Crippen LogP contribution < -0.4 is 5.32 Å². The van der Waals surface area contributed by atoms with Gasteiger partial charge in [-0.2, -0.15) is 0 Å². The molecular formula is C16H27NO. The van der Waals surface area contributed by atoms with E-state index in [0.717, 1.165) is 25.8 Å². The van der Waals surface area contributed by atoms with E-state index in [1.807, 2.05) is 6.07 Å². The van der Waals surface area contributed by atoms with Crippen molar-refractivity contribution in [2.75, 3.05) is 6.61 Å². The van der Waals surface area contributed by atoms with Crippen molar-refractivity contribution >= 4 is 0 Å². The molecule has 2 N–H and O–H groups in total. The van der Waals surface area contributed by atoms with Gasteiger partial charge in [-0.1, -0.05) is 57.5 Å². The summed E-state index contributed by atoms with van der Waals surface area (Å²) in [5.74, 6) is 0.639. The summed E-state index contributed by atoms with van der Waals surface area (Å²) in [5, 5.41) is 13.3. The summed E-state index contributed by atoms with van der Waals surface area (Å²) < 4.78 is 0. The van der Waals surface area contributed by atoms with Crippen LogP contribution in [0.15, 0.2) is 30.3 Å². The van der Waals surface area contributed by atoms with Gasteiger partial charge in [0.2, 0.25) is 0 Å². The highest BCUT2D eigenvalue weighted by molar-refractivity contribution is 5.14. The molecule has 2 nitrogen and oxygen atoms in total. The van der Waals surface area contributed by atoms with Crippen molar-refractivity contribution in [1.82, 2.24) is 5.32 Å². The summed E-state index contributed by atoms with van der Waals surface area (Å²) in [6.07, 6.45) is 3.15. The monoisotopic (exact) mass is 249 g/mol. The summed E-state index contributed by atoms with van der Waals surface area (Å²) in [6, 6.07) is 10.4. The number of aliphatic hydroxyl groups excluding tert-OH is 1. The van der Waals surface area contributed by atoms with Crippen molar-refractivity contribution in [1.29, 1.82) is 0 Å². The van der Waals surface area contributed by atoms with Crippen LogP contribution in [0, 0.1) is 5.92 Å². The highest BCUT2D eigenvalue weighted by atomic mass is 16.3. The van der Waals surface area contributed by atoms with E-state index < -0.39 is 0 Å². The van der Waals surface area contributed by atoms with E-state index in [1.165, 1.54) is 5.56 Å². The van der Waals surface area contributed by atoms with Crippen LogP contribution in [0.25, 0.3) is 0 Å². The van der Waals surface area contributed by atoms with Crippen molar-refractivity contribution in [2.45, 2.75) is 52.1 Å². The summed E-state index contributed by atoms with van der Waals surface area (Å²) in [6.45, 7) is 7.65. The third kappa shape index (κ3) is 4.43. The molecule has 0 aromatic heterocycles.